The highest BCUT2D eigenvalue weighted by atomic mass is 35.5. The third-order valence-corrected chi connectivity index (χ3v) is 24.2. The number of amides is 8. The molecule has 6 aromatic carbocycles. The van der Waals surface area contributed by atoms with E-state index in [2.05, 4.69) is 54.2 Å². The van der Waals surface area contributed by atoms with Gasteiger partial charge in [-0.25, -0.2) is 22.7 Å². The molecule has 682 valence electrons. The van der Waals surface area contributed by atoms with Crippen molar-refractivity contribution < 1.29 is 131 Å². The zero-order valence-electron chi connectivity index (χ0n) is 70.1. The quantitative estimate of drug-likeness (QED) is 0.0311. The topological polar surface area (TPSA) is 595 Å². The van der Waals surface area contributed by atoms with Crippen LogP contribution in [0.4, 0.5) is 4.79 Å². The fourth-order valence-electron chi connectivity index (χ4n) is 15.5. The van der Waals surface area contributed by atoms with Gasteiger partial charge in [0.25, 0.3) is 0 Å². The number of nitrogens with one attached hydrogen (secondary N) is 9. The van der Waals surface area contributed by atoms with Crippen LogP contribution in [0.5, 0.6) is 46.0 Å². The number of aromatic hydroxyl groups is 2. The number of ether oxygens (including phenoxy) is 7. The van der Waals surface area contributed by atoms with E-state index in [1.165, 1.54) is 46.0 Å². The van der Waals surface area contributed by atoms with Crippen LogP contribution < -0.4 is 77.7 Å². The number of aryl methyl sites for hydroxylation is 2. The van der Waals surface area contributed by atoms with Crippen LogP contribution in [0.3, 0.4) is 0 Å². The largest absolute Gasteiger partial charge is 0.507 e. The Labute approximate surface area is 730 Å². The zero-order chi connectivity index (χ0) is 91.5. The molecule has 126 heavy (non-hydrogen) atoms. The van der Waals surface area contributed by atoms with Gasteiger partial charge < -0.3 is 133 Å². The van der Waals surface area contributed by atoms with Gasteiger partial charge >= 0.3 is 12.1 Å². The van der Waals surface area contributed by atoms with Crippen molar-refractivity contribution in [3.05, 3.63) is 147 Å². The number of phenols is 2. The summed E-state index contributed by atoms with van der Waals surface area (Å²) in [6.45, 7) is 9.44. The Bertz CT molecular complexity index is 5130. The molecule has 2 fully saturated rings. The first-order chi connectivity index (χ1) is 59.8. The van der Waals surface area contributed by atoms with Gasteiger partial charge in [-0.05, 0) is 166 Å². The van der Waals surface area contributed by atoms with E-state index in [4.69, 9.17) is 56.2 Å². The summed E-state index contributed by atoms with van der Waals surface area (Å²) in [7, 11) is -2.31. The van der Waals surface area contributed by atoms with Crippen molar-refractivity contribution in [1.29, 1.82) is 0 Å². The molecule has 11 bridgehead atoms. The smallest absolute Gasteiger partial charge is 0.412 e. The van der Waals surface area contributed by atoms with E-state index >= 15 is 24.0 Å². The molecule has 0 unspecified atom stereocenters. The molecule has 0 radical (unpaired) electrons. The summed E-state index contributed by atoms with van der Waals surface area (Å²) in [4.78, 5) is 133. The Balaban J connectivity index is 1.01. The average molecular weight is 1800 g/mol. The normalized spacial score (nSPS) is 26.0. The number of hydrogen-bond acceptors (Lipinski definition) is 28. The van der Waals surface area contributed by atoms with Gasteiger partial charge in [0.2, 0.25) is 63.4 Å². The predicted molar refractivity (Wildman–Crippen MR) is 449 cm³/mol. The fourth-order valence-corrected chi connectivity index (χ4v) is 16.8. The zero-order valence-corrected chi connectivity index (χ0v) is 71.7. The number of hydrogen-bond donors (Lipinski definition) is 20. The van der Waals surface area contributed by atoms with E-state index in [0.717, 1.165) is 98.3 Å². The molecule has 18 atom stereocenters. The second kappa shape index (κ2) is 41.7. The molecule has 40 heteroatoms. The predicted octanol–water partition coefficient (Wildman–Crippen LogP) is 3.81. The Hall–Kier alpha value is -10.9. The fraction of sp³-hybridized carbons (Fsp3) is 0.477. The standard InChI is InChI=1S/C86H108ClN11O27S/c1-8-9-10-13-16-43-17-22-49(23-18-43)126(117,118)92-28-15-12-11-14-27-91-85(116)120-48-35-51-64(56(101)36-48)50-31-44(19-24-55(50)100)65-79(110)98-69(82(113)96-67(51)83(114)115)71(104)46-21-26-58(52(87)32-46)122-60-34-47-33-59(74(60)125-84-75(73(106)72(105)61(39-99)123-84)124-63-38-86(6,89)76(107)42(5)119-63)121-57-25-20-45(30-41(57)4)70(103)68(97-77(108)53(90-7)29-40(2)3)81(112)93-54(37-62(88)102)78(109)94-66(47)80(111)95-65/h17-26,30-36,40,42,53-54,61,63,65-73,75-76,84,90,92,99-101,103-107H,8-16,27-29,37-39,89H2,1-7H3,(H2,88,102)(H,91,116)(H,93,112)(H,94,109)(H,95,111)(H,96,113)(H,97,108)(H,98,110)(H,114,115)/t42-,53+,54-,61+,63-,65+,66+,67-,68+,69-,70+,71+,72+,73-,75+,76+,84-,86-/m0/s1. The number of carbonyl (C=O) groups excluding carboxylic acids is 8. The number of aliphatic hydroxyl groups excluding tert-OH is 6. The van der Waals surface area contributed by atoms with Gasteiger partial charge in [0, 0.05) is 47.8 Å². The van der Waals surface area contributed by atoms with Gasteiger partial charge in [-0.3, -0.25) is 33.6 Å². The van der Waals surface area contributed by atoms with Crippen LogP contribution in [0.25, 0.3) is 11.1 Å². The highest BCUT2D eigenvalue weighted by molar-refractivity contribution is 7.89. The minimum Gasteiger partial charge on any atom is -0.507 e. The number of carboxylic acid groups (broad SMARTS) is 1. The average Bonchev–Trinajstić information content (AvgIpc) is 0.762. The van der Waals surface area contributed by atoms with E-state index < -0.39 is 259 Å². The van der Waals surface area contributed by atoms with Gasteiger partial charge in [-0.2, -0.15) is 0 Å². The van der Waals surface area contributed by atoms with Crippen LogP contribution in [-0.4, -0.2) is 213 Å². The van der Waals surface area contributed by atoms with Crippen LogP contribution >= 0.6 is 11.6 Å². The number of aliphatic carboxylic acids is 1. The van der Waals surface area contributed by atoms with Crippen molar-refractivity contribution in [2.24, 2.45) is 17.4 Å². The minimum absolute atomic E-state index is 0.00779. The van der Waals surface area contributed by atoms with E-state index in [0.29, 0.717) is 25.7 Å². The third-order valence-electron chi connectivity index (χ3n) is 22.4. The van der Waals surface area contributed by atoms with Crippen molar-refractivity contribution >= 4 is 75.0 Å². The molecule has 38 nitrogen and oxygen atoms in total. The summed E-state index contributed by atoms with van der Waals surface area (Å²) in [6, 6.07) is 6.53. The summed E-state index contributed by atoms with van der Waals surface area (Å²) < 4.78 is 73.2. The maximum absolute atomic E-state index is 16.3. The molecule has 7 heterocycles. The second-order valence-electron chi connectivity index (χ2n) is 32.6. The molecule has 22 N–H and O–H groups in total. The van der Waals surface area contributed by atoms with Crippen LogP contribution in [0.15, 0.2) is 108 Å². The molecular weight excluding hydrogens is 1690 g/mol. The lowest BCUT2D eigenvalue weighted by atomic mass is 9.86. The summed E-state index contributed by atoms with van der Waals surface area (Å²) in [6.07, 6.45) is -12.7. The molecule has 0 saturated carbocycles. The molecule has 6 aromatic rings. The summed E-state index contributed by atoms with van der Waals surface area (Å²) in [5.41, 5.74) is 9.23. The van der Waals surface area contributed by atoms with Crippen molar-refractivity contribution in [2.45, 2.75) is 233 Å². The van der Waals surface area contributed by atoms with E-state index in [1.807, 2.05) is 13.8 Å². The maximum atomic E-state index is 16.3. The number of benzene rings is 6. The van der Waals surface area contributed by atoms with Crippen molar-refractivity contribution in [1.82, 2.24) is 47.3 Å². The van der Waals surface area contributed by atoms with Gasteiger partial charge in [-0.1, -0.05) is 94.8 Å². The van der Waals surface area contributed by atoms with Crippen molar-refractivity contribution in [3.8, 4) is 57.1 Å². The number of primary amides is 1. The first kappa shape index (κ1) is 95.8. The van der Waals surface area contributed by atoms with Gasteiger partial charge in [0.15, 0.2) is 29.9 Å². The van der Waals surface area contributed by atoms with Crippen molar-refractivity contribution in [2.75, 3.05) is 26.7 Å². The number of sulfonamides is 1. The molecule has 0 aliphatic carbocycles. The Morgan fingerprint density at radius 1 is 0.698 bits per heavy atom. The van der Waals surface area contributed by atoms with Crippen LogP contribution in [-0.2, 0) is 69.0 Å². The van der Waals surface area contributed by atoms with Crippen LogP contribution in [0.1, 0.15) is 175 Å². The van der Waals surface area contributed by atoms with Crippen LogP contribution in [0, 0.1) is 12.8 Å². The second-order valence-corrected chi connectivity index (χ2v) is 34.8. The summed E-state index contributed by atoms with van der Waals surface area (Å²) in [5, 5.41) is 125. The number of rotatable bonds is 28. The molecule has 13 rings (SSSR count). The number of likely N-dealkylation sites (N-methyl/N-ethyl adjacent to an activating group) is 1. The molecule has 7 aliphatic rings. The monoisotopic (exact) mass is 1790 g/mol. The highest BCUT2D eigenvalue weighted by Gasteiger charge is 2.52. The number of nitrogens with two attached hydrogens (primary N) is 2. The van der Waals surface area contributed by atoms with Gasteiger partial charge in [0.1, 0.15) is 89.5 Å². The van der Waals surface area contributed by atoms with Gasteiger partial charge in [-0.15, -0.1) is 0 Å². The van der Waals surface area contributed by atoms with Crippen LogP contribution in [0.2, 0.25) is 5.02 Å². The first-order valence-corrected chi connectivity index (χ1v) is 43.3. The lowest BCUT2D eigenvalue weighted by Gasteiger charge is -2.47. The molecule has 8 amide bonds. The highest BCUT2D eigenvalue weighted by Crippen LogP contribution is 2.50. The Morgan fingerprint density at radius 2 is 1.34 bits per heavy atom. The summed E-state index contributed by atoms with van der Waals surface area (Å²) in [5.74, 6) is -15.7. The summed E-state index contributed by atoms with van der Waals surface area (Å²) >= 11 is 7.17. The lowest BCUT2D eigenvalue weighted by Crippen LogP contribution is -2.64. The number of phenolic OH excluding ortho intramolecular Hbond substituents is 2. The molecule has 2 saturated heterocycles. The van der Waals surface area contributed by atoms with E-state index in [-0.39, 0.29) is 59.2 Å². The molecule has 0 spiro atoms. The van der Waals surface area contributed by atoms with E-state index in [1.54, 1.807) is 24.3 Å². The Kier molecular flexibility index (Phi) is 31.7. The van der Waals surface area contributed by atoms with Gasteiger partial charge in [0.05, 0.1) is 41.2 Å². The molecule has 7 aliphatic heterocycles. The minimum atomic E-state index is -3.79. The van der Waals surface area contributed by atoms with Crippen molar-refractivity contribution in [3.63, 3.8) is 0 Å². The molecular formula is C86H108ClN11O27S. The maximum Gasteiger partial charge on any atom is 0.412 e. The molecule has 0 aromatic heterocycles. The number of unbranched alkanes of at least 4 members (excludes halogenated alkanes) is 6. The lowest BCUT2D eigenvalue weighted by molar-refractivity contribution is -0.333. The number of carbonyl (C=O) groups is 9. The number of carboxylic acids is 1. The number of halogens is 1. The first-order valence-electron chi connectivity index (χ1n) is 41.4. The number of aliphatic hydroxyl groups is 6. The van der Waals surface area contributed by atoms with E-state index in [9.17, 15) is 73.6 Å². The Morgan fingerprint density at radius 3 is 1.98 bits per heavy atom. The SMILES string of the molecule is CCCCCCc1ccc(S(=O)(=O)NCCCCCCNC(=O)Oc2cc(O)c3c(c2)[C@@H](C(=O)O)NC(=O)[C@H]2NC(=O)[C@H](NC(=O)[C@@H]4NC(=O)[C@H](CC(N)=O)NC(=O)[C@H](NC(=O)[C@@H](CC(C)C)NC)[C@H](O)c5ccc(c(C)c5)Oc5cc4cc(c5O[C@@H]4O[C@H](CO)[C@@H](O)[C@H](O)[C@H]4O[C@H]4C[C@](C)(N)[C@H](O)[C@H](C)O4)Oc4ccc(cc4Cl)[C@H]2O)c2ccc(O)c-3c2)cc1. The third kappa shape index (κ3) is 22.9. The number of fused-ring (bicyclic) bond motifs is 15.